The first-order valence-electron chi connectivity index (χ1n) is 12.2. The number of nitrogens with one attached hydrogen (secondary N) is 2. The Kier molecular flexibility index (Phi) is 7.11. The van der Waals surface area contributed by atoms with Crippen molar-refractivity contribution in [3.8, 4) is 5.88 Å². The fourth-order valence-corrected chi connectivity index (χ4v) is 4.78. The molecule has 0 aliphatic heterocycles. The molecule has 1 aromatic carbocycles. The van der Waals surface area contributed by atoms with Crippen LogP contribution < -0.4 is 15.4 Å². The lowest BCUT2D eigenvalue weighted by atomic mass is 9.97. The molecule has 1 aliphatic rings. The smallest absolute Gasteiger partial charge is 0.388 e. The van der Waals surface area contributed by atoms with Gasteiger partial charge < -0.3 is 20.5 Å². The molecule has 13 heteroatoms. The zero-order valence-corrected chi connectivity index (χ0v) is 21.1. The summed E-state index contributed by atoms with van der Waals surface area (Å²) in [6, 6.07) is 7.12. The molecule has 206 valence electrons. The number of rotatable bonds is 8. The van der Waals surface area contributed by atoms with Gasteiger partial charge in [-0.3, -0.25) is 9.59 Å². The quantitative estimate of drug-likeness (QED) is 0.281. The number of hydrogen-bond donors (Lipinski definition) is 3. The summed E-state index contributed by atoms with van der Waals surface area (Å²) in [6.45, 7) is 2.31. The van der Waals surface area contributed by atoms with Crippen LogP contribution >= 0.6 is 0 Å². The predicted molar refractivity (Wildman–Crippen MR) is 136 cm³/mol. The zero-order chi connectivity index (χ0) is 28.6. The summed E-state index contributed by atoms with van der Waals surface area (Å²) in [5.41, 5.74) is 3.14. The van der Waals surface area contributed by atoms with Gasteiger partial charge in [-0.1, -0.05) is 18.7 Å². The molecule has 1 atom stereocenters. The standard InChI is InChI=1S/C27H23F3N6O4/c1-13-16(14(2)37)3-4-18-17(13)5-6-20(18)35-26(39)22-10-21(34-24-19(28)12-33-36(22)24)25(38)32-11-15-7-8-31-23(9-15)40-27(29)30/h3-4,7-10,12,20,27,37H,2,5-6,11H2,1H3,(H,32,38)(H,35,39)/t20-/m0/s1. The maximum atomic E-state index is 14.5. The van der Waals surface area contributed by atoms with Crippen molar-refractivity contribution in [3.63, 3.8) is 0 Å². The maximum absolute atomic E-state index is 14.5. The van der Waals surface area contributed by atoms with Crippen LogP contribution in [-0.4, -0.2) is 43.1 Å². The fourth-order valence-electron chi connectivity index (χ4n) is 4.78. The van der Waals surface area contributed by atoms with Crippen molar-refractivity contribution in [2.75, 3.05) is 0 Å². The Morgan fingerprint density at radius 3 is 2.80 bits per heavy atom. The highest BCUT2D eigenvalue weighted by Crippen LogP contribution is 2.36. The van der Waals surface area contributed by atoms with E-state index in [9.17, 15) is 27.9 Å². The fraction of sp³-hybridized carbons (Fsp3) is 0.222. The number of aliphatic hydroxyl groups excluding tert-OH is 1. The normalized spacial score (nSPS) is 14.3. The Bertz CT molecular complexity index is 1660. The monoisotopic (exact) mass is 552 g/mol. The van der Waals surface area contributed by atoms with Gasteiger partial charge in [0.1, 0.15) is 17.1 Å². The van der Waals surface area contributed by atoms with Gasteiger partial charge in [-0.05, 0) is 48.1 Å². The maximum Gasteiger partial charge on any atom is 0.388 e. The Hall–Kier alpha value is -4.94. The molecule has 0 radical (unpaired) electrons. The average Bonchev–Trinajstić information content (AvgIpc) is 3.50. The lowest BCUT2D eigenvalue weighted by molar-refractivity contribution is -0.0529. The van der Waals surface area contributed by atoms with E-state index in [1.165, 1.54) is 24.4 Å². The minimum atomic E-state index is -3.05. The summed E-state index contributed by atoms with van der Waals surface area (Å²) < 4.78 is 44.7. The number of halogens is 3. The van der Waals surface area contributed by atoms with Crippen LogP contribution in [0.4, 0.5) is 13.2 Å². The molecule has 10 nitrogen and oxygen atoms in total. The van der Waals surface area contributed by atoms with Crippen molar-refractivity contribution in [1.29, 1.82) is 0 Å². The Labute approximate surface area is 225 Å². The highest BCUT2D eigenvalue weighted by Gasteiger charge is 2.28. The number of ether oxygens (including phenoxy) is 1. The molecule has 3 N–H and O–H groups in total. The highest BCUT2D eigenvalue weighted by atomic mass is 19.3. The van der Waals surface area contributed by atoms with Crippen LogP contribution in [0, 0.1) is 12.7 Å². The molecule has 0 spiro atoms. The van der Waals surface area contributed by atoms with Gasteiger partial charge >= 0.3 is 6.61 Å². The summed E-state index contributed by atoms with van der Waals surface area (Å²) in [5.74, 6) is -2.51. The topological polar surface area (TPSA) is 131 Å². The van der Waals surface area contributed by atoms with E-state index in [0.717, 1.165) is 27.4 Å². The first kappa shape index (κ1) is 26.7. The molecule has 4 aromatic rings. The molecule has 40 heavy (non-hydrogen) atoms. The van der Waals surface area contributed by atoms with Gasteiger partial charge in [-0.15, -0.1) is 0 Å². The Morgan fingerprint density at radius 2 is 2.05 bits per heavy atom. The van der Waals surface area contributed by atoms with Gasteiger partial charge in [0, 0.05) is 30.4 Å². The van der Waals surface area contributed by atoms with E-state index < -0.39 is 24.2 Å². The van der Waals surface area contributed by atoms with E-state index in [1.807, 2.05) is 13.0 Å². The molecule has 0 saturated carbocycles. The Balaban J connectivity index is 1.38. The van der Waals surface area contributed by atoms with Crippen LogP contribution in [0.15, 0.2) is 49.3 Å². The summed E-state index contributed by atoms with van der Waals surface area (Å²) in [5, 5.41) is 19.2. The number of carbonyl (C=O) groups is 2. The van der Waals surface area contributed by atoms with Crippen LogP contribution in [0.2, 0.25) is 0 Å². The number of aromatic nitrogens is 4. The molecule has 0 unspecified atom stereocenters. The summed E-state index contributed by atoms with van der Waals surface area (Å²) >= 11 is 0. The molecule has 0 fully saturated rings. The van der Waals surface area contributed by atoms with Crippen molar-refractivity contribution >= 4 is 23.2 Å². The second kappa shape index (κ2) is 10.7. The van der Waals surface area contributed by atoms with Crippen LogP contribution in [0.1, 0.15) is 61.3 Å². The number of benzene rings is 1. The minimum absolute atomic E-state index is 0.0376. The third kappa shape index (κ3) is 5.17. The van der Waals surface area contributed by atoms with Crippen molar-refractivity contribution in [2.24, 2.45) is 0 Å². The molecular formula is C27H23F3N6O4. The van der Waals surface area contributed by atoms with Crippen molar-refractivity contribution < 1.29 is 32.6 Å². The average molecular weight is 553 g/mol. The number of carbonyl (C=O) groups excluding carboxylic acids is 2. The van der Waals surface area contributed by atoms with Gasteiger partial charge in [0.2, 0.25) is 5.88 Å². The lowest BCUT2D eigenvalue weighted by Crippen LogP contribution is -2.30. The highest BCUT2D eigenvalue weighted by molar-refractivity contribution is 5.98. The molecule has 1 aliphatic carbocycles. The van der Waals surface area contributed by atoms with E-state index in [0.29, 0.717) is 24.0 Å². The van der Waals surface area contributed by atoms with Crippen molar-refractivity contribution in [1.82, 2.24) is 30.2 Å². The number of alkyl halides is 2. The van der Waals surface area contributed by atoms with E-state index in [4.69, 9.17) is 0 Å². The molecular weight excluding hydrogens is 529 g/mol. The third-order valence-electron chi connectivity index (χ3n) is 6.67. The minimum Gasteiger partial charge on any atom is -0.508 e. The van der Waals surface area contributed by atoms with Crippen molar-refractivity contribution in [2.45, 2.75) is 39.0 Å². The second-order valence-electron chi connectivity index (χ2n) is 9.14. The lowest BCUT2D eigenvalue weighted by Gasteiger charge is -2.16. The van der Waals surface area contributed by atoms with Crippen LogP contribution in [0.3, 0.4) is 0 Å². The SMILES string of the molecule is C=C(O)c1ccc2c(c1C)CC[C@@H]2NC(=O)c1cc(C(=O)NCc2ccnc(OC(F)F)c2)nc2c(F)cnn12. The number of pyridine rings is 1. The van der Waals surface area contributed by atoms with Crippen LogP contribution in [-0.2, 0) is 13.0 Å². The largest absolute Gasteiger partial charge is 0.508 e. The molecule has 3 heterocycles. The Morgan fingerprint density at radius 1 is 1.25 bits per heavy atom. The number of hydrogen-bond acceptors (Lipinski definition) is 7. The van der Waals surface area contributed by atoms with Crippen LogP contribution in [0.5, 0.6) is 5.88 Å². The van der Waals surface area contributed by atoms with Gasteiger partial charge in [0.25, 0.3) is 11.8 Å². The summed E-state index contributed by atoms with van der Waals surface area (Å²) in [6.07, 6.45) is 3.40. The number of aliphatic hydroxyl groups is 1. The van der Waals surface area contributed by atoms with Crippen LogP contribution in [0.25, 0.3) is 11.4 Å². The first-order chi connectivity index (χ1) is 19.1. The van der Waals surface area contributed by atoms with Gasteiger partial charge in [-0.2, -0.15) is 13.9 Å². The summed E-state index contributed by atoms with van der Waals surface area (Å²) in [4.78, 5) is 34.0. The van der Waals surface area contributed by atoms with E-state index in [1.54, 1.807) is 6.07 Å². The molecule has 0 bridgehead atoms. The van der Waals surface area contributed by atoms with E-state index in [-0.39, 0.29) is 41.3 Å². The third-order valence-corrected chi connectivity index (χ3v) is 6.67. The van der Waals surface area contributed by atoms with Gasteiger partial charge in [0.05, 0.1) is 12.2 Å². The van der Waals surface area contributed by atoms with E-state index >= 15 is 0 Å². The molecule has 5 rings (SSSR count). The second-order valence-corrected chi connectivity index (χ2v) is 9.14. The number of fused-ring (bicyclic) bond motifs is 2. The molecule has 3 aromatic heterocycles. The van der Waals surface area contributed by atoms with Gasteiger partial charge in [-0.25, -0.2) is 18.9 Å². The van der Waals surface area contributed by atoms with Gasteiger partial charge in [0.15, 0.2) is 11.5 Å². The number of nitrogens with zero attached hydrogens (tertiary/aromatic N) is 4. The van der Waals surface area contributed by atoms with Crippen molar-refractivity contribution in [3.05, 3.63) is 94.3 Å². The number of amides is 2. The molecule has 0 saturated heterocycles. The first-order valence-corrected chi connectivity index (χ1v) is 12.2. The van der Waals surface area contributed by atoms with E-state index in [2.05, 4.69) is 37.0 Å². The summed E-state index contributed by atoms with van der Waals surface area (Å²) in [7, 11) is 0. The zero-order valence-electron chi connectivity index (χ0n) is 21.1. The predicted octanol–water partition coefficient (Wildman–Crippen LogP) is 4.05. The molecule has 2 amide bonds.